The number of methoxy groups -OCH3 is 1. The Bertz CT molecular complexity index is 444. The lowest BCUT2D eigenvalue weighted by Gasteiger charge is -2.16. The molecule has 1 aromatic heterocycles. The molecule has 0 spiro atoms. The molecule has 0 bridgehead atoms. The van der Waals surface area contributed by atoms with Crippen molar-refractivity contribution in [1.29, 1.82) is 0 Å². The predicted octanol–water partition coefficient (Wildman–Crippen LogP) is 3.29. The van der Waals surface area contributed by atoms with Crippen molar-refractivity contribution in [3.63, 3.8) is 0 Å². The number of hydrogen-bond donors (Lipinski definition) is 1. The standard InChI is InChI=1S/C16H25NO2S/c1-11-9-17-15(12(2)16(11)19-3)8-13(18)10-20-14-6-4-5-7-14/h9,13-14,18H,4-8,10H2,1-3H3. The van der Waals surface area contributed by atoms with E-state index in [-0.39, 0.29) is 6.10 Å². The fraction of sp³-hybridized carbons (Fsp3) is 0.688. The summed E-state index contributed by atoms with van der Waals surface area (Å²) in [4.78, 5) is 4.46. The molecule has 1 fully saturated rings. The van der Waals surface area contributed by atoms with Gasteiger partial charge in [0.05, 0.1) is 13.2 Å². The van der Waals surface area contributed by atoms with E-state index in [0.717, 1.165) is 33.6 Å². The van der Waals surface area contributed by atoms with Crippen LogP contribution in [0.4, 0.5) is 0 Å². The van der Waals surface area contributed by atoms with Gasteiger partial charge in [0.1, 0.15) is 5.75 Å². The maximum atomic E-state index is 10.2. The zero-order chi connectivity index (χ0) is 14.5. The molecule has 4 heteroatoms. The molecule has 1 saturated carbocycles. The lowest BCUT2D eigenvalue weighted by atomic mass is 10.1. The first-order valence-corrected chi connectivity index (χ1v) is 8.45. The van der Waals surface area contributed by atoms with Gasteiger partial charge in [0.25, 0.3) is 0 Å². The molecule has 3 nitrogen and oxygen atoms in total. The minimum Gasteiger partial charge on any atom is -0.496 e. The Morgan fingerprint density at radius 2 is 2.10 bits per heavy atom. The van der Waals surface area contributed by atoms with Gasteiger partial charge >= 0.3 is 0 Å². The van der Waals surface area contributed by atoms with Crippen molar-refractivity contribution < 1.29 is 9.84 Å². The van der Waals surface area contributed by atoms with E-state index in [1.165, 1.54) is 25.7 Å². The lowest BCUT2D eigenvalue weighted by molar-refractivity contribution is 0.198. The van der Waals surface area contributed by atoms with Crippen molar-refractivity contribution >= 4 is 11.8 Å². The predicted molar refractivity (Wildman–Crippen MR) is 84.7 cm³/mol. The topological polar surface area (TPSA) is 42.4 Å². The first kappa shape index (κ1) is 15.6. The highest BCUT2D eigenvalue weighted by molar-refractivity contribution is 7.99. The number of ether oxygens (including phenoxy) is 1. The van der Waals surface area contributed by atoms with Crippen LogP contribution in [-0.2, 0) is 6.42 Å². The third kappa shape index (κ3) is 3.89. The van der Waals surface area contributed by atoms with Gasteiger partial charge in [-0.3, -0.25) is 4.98 Å². The summed E-state index contributed by atoms with van der Waals surface area (Å²) >= 11 is 1.92. The van der Waals surface area contributed by atoms with Gasteiger partial charge in [-0.15, -0.1) is 0 Å². The zero-order valence-electron chi connectivity index (χ0n) is 12.7. The molecule has 1 aliphatic rings. The van der Waals surface area contributed by atoms with Crippen molar-refractivity contribution in [2.24, 2.45) is 0 Å². The van der Waals surface area contributed by atoms with Gasteiger partial charge in [0.2, 0.25) is 0 Å². The summed E-state index contributed by atoms with van der Waals surface area (Å²) in [5.74, 6) is 1.70. The van der Waals surface area contributed by atoms with Gasteiger partial charge in [-0.1, -0.05) is 12.8 Å². The van der Waals surface area contributed by atoms with E-state index in [0.29, 0.717) is 6.42 Å². The molecule has 0 aromatic carbocycles. The number of nitrogens with zero attached hydrogens (tertiary/aromatic N) is 1. The van der Waals surface area contributed by atoms with Gasteiger partial charge in [-0.2, -0.15) is 11.8 Å². The maximum Gasteiger partial charge on any atom is 0.128 e. The highest BCUT2D eigenvalue weighted by atomic mass is 32.2. The Morgan fingerprint density at radius 1 is 1.40 bits per heavy atom. The van der Waals surface area contributed by atoms with Crippen LogP contribution in [0.25, 0.3) is 0 Å². The molecule has 1 N–H and O–H groups in total. The molecule has 1 aromatic rings. The molecule has 2 rings (SSSR count). The van der Waals surface area contributed by atoms with Crippen molar-refractivity contribution in [3.8, 4) is 5.75 Å². The number of hydrogen-bond acceptors (Lipinski definition) is 4. The fourth-order valence-corrected chi connectivity index (χ4v) is 4.14. The van der Waals surface area contributed by atoms with Crippen LogP contribution in [0, 0.1) is 13.8 Å². The zero-order valence-corrected chi connectivity index (χ0v) is 13.5. The van der Waals surface area contributed by atoms with E-state index in [1.54, 1.807) is 7.11 Å². The van der Waals surface area contributed by atoms with Crippen molar-refractivity contribution in [2.75, 3.05) is 12.9 Å². The van der Waals surface area contributed by atoms with E-state index in [4.69, 9.17) is 4.74 Å². The van der Waals surface area contributed by atoms with Gasteiger partial charge in [0, 0.05) is 40.4 Å². The molecule has 20 heavy (non-hydrogen) atoms. The Morgan fingerprint density at radius 3 is 2.75 bits per heavy atom. The first-order chi connectivity index (χ1) is 9.61. The summed E-state index contributed by atoms with van der Waals surface area (Å²) in [6.45, 7) is 4.01. The van der Waals surface area contributed by atoms with Gasteiger partial charge in [-0.25, -0.2) is 0 Å². The average molecular weight is 295 g/mol. The number of aryl methyl sites for hydroxylation is 1. The quantitative estimate of drug-likeness (QED) is 0.874. The number of pyridine rings is 1. The van der Waals surface area contributed by atoms with E-state index in [9.17, 15) is 5.11 Å². The smallest absolute Gasteiger partial charge is 0.128 e. The number of rotatable bonds is 6. The number of aliphatic hydroxyl groups excluding tert-OH is 1. The van der Waals surface area contributed by atoms with Crippen LogP contribution in [0.15, 0.2) is 6.20 Å². The van der Waals surface area contributed by atoms with E-state index in [2.05, 4.69) is 4.98 Å². The summed E-state index contributed by atoms with van der Waals surface area (Å²) in [5, 5.41) is 11.0. The number of aromatic nitrogens is 1. The van der Waals surface area contributed by atoms with E-state index < -0.39 is 0 Å². The van der Waals surface area contributed by atoms with Crippen molar-refractivity contribution in [2.45, 2.75) is 57.3 Å². The third-order valence-corrected chi connectivity index (χ3v) is 5.53. The molecule has 0 saturated heterocycles. The summed E-state index contributed by atoms with van der Waals surface area (Å²) < 4.78 is 5.41. The van der Waals surface area contributed by atoms with Crippen LogP contribution < -0.4 is 4.74 Å². The summed E-state index contributed by atoms with van der Waals surface area (Å²) in [6.07, 6.45) is 7.45. The Balaban J connectivity index is 1.91. The van der Waals surface area contributed by atoms with Crippen LogP contribution in [-0.4, -0.2) is 34.3 Å². The second-order valence-corrected chi connectivity index (χ2v) is 6.98. The third-order valence-electron chi connectivity index (χ3n) is 4.01. The van der Waals surface area contributed by atoms with Crippen LogP contribution >= 0.6 is 11.8 Å². The minimum atomic E-state index is -0.320. The van der Waals surface area contributed by atoms with E-state index >= 15 is 0 Å². The van der Waals surface area contributed by atoms with Crippen LogP contribution in [0.2, 0.25) is 0 Å². The molecule has 0 aliphatic heterocycles. The summed E-state index contributed by atoms with van der Waals surface area (Å²) in [7, 11) is 1.69. The van der Waals surface area contributed by atoms with Gasteiger partial charge in [-0.05, 0) is 26.7 Å². The fourth-order valence-electron chi connectivity index (χ4n) is 2.86. The van der Waals surface area contributed by atoms with Crippen molar-refractivity contribution in [3.05, 3.63) is 23.0 Å². The molecule has 1 atom stereocenters. The Kier molecular flexibility index (Phi) is 5.73. The molecular weight excluding hydrogens is 270 g/mol. The molecule has 1 unspecified atom stereocenters. The molecule has 1 aliphatic carbocycles. The largest absolute Gasteiger partial charge is 0.496 e. The molecule has 0 radical (unpaired) electrons. The molecule has 1 heterocycles. The average Bonchev–Trinajstić information content (AvgIpc) is 2.94. The number of aliphatic hydroxyl groups is 1. The van der Waals surface area contributed by atoms with Crippen LogP contribution in [0.1, 0.15) is 42.5 Å². The van der Waals surface area contributed by atoms with Gasteiger partial charge in [0.15, 0.2) is 0 Å². The second kappa shape index (κ2) is 7.32. The summed E-state index contributed by atoms with van der Waals surface area (Å²) in [6, 6.07) is 0. The number of thioether (sulfide) groups is 1. The van der Waals surface area contributed by atoms with Crippen LogP contribution in [0.5, 0.6) is 5.75 Å². The SMILES string of the molecule is COc1c(C)cnc(CC(O)CSC2CCCC2)c1C. The first-order valence-electron chi connectivity index (χ1n) is 7.40. The summed E-state index contributed by atoms with van der Waals surface area (Å²) in [5.41, 5.74) is 3.05. The van der Waals surface area contributed by atoms with E-state index in [1.807, 2.05) is 31.8 Å². The Hall–Kier alpha value is -0.740. The molecular formula is C16H25NO2S. The molecule has 112 valence electrons. The maximum absolute atomic E-state index is 10.2. The van der Waals surface area contributed by atoms with Crippen LogP contribution in [0.3, 0.4) is 0 Å². The highest BCUT2D eigenvalue weighted by Gasteiger charge is 2.18. The Labute approximate surface area is 126 Å². The lowest BCUT2D eigenvalue weighted by Crippen LogP contribution is -2.17. The minimum absolute atomic E-state index is 0.320. The normalized spacial score (nSPS) is 17.4. The van der Waals surface area contributed by atoms with Crippen molar-refractivity contribution in [1.82, 2.24) is 4.98 Å². The second-order valence-electron chi connectivity index (χ2n) is 5.64. The van der Waals surface area contributed by atoms with Gasteiger partial charge < -0.3 is 9.84 Å². The monoisotopic (exact) mass is 295 g/mol. The highest BCUT2D eigenvalue weighted by Crippen LogP contribution is 2.30. The molecule has 0 amide bonds.